The molecule has 0 spiro atoms. The van der Waals surface area contributed by atoms with Crippen LogP contribution in [0.25, 0.3) is 0 Å². The summed E-state index contributed by atoms with van der Waals surface area (Å²) in [5, 5.41) is 0.395. The van der Waals surface area contributed by atoms with E-state index in [1.165, 1.54) is 24.4 Å². The van der Waals surface area contributed by atoms with Crippen molar-refractivity contribution in [2.45, 2.75) is 6.54 Å². The lowest BCUT2D eigenvalue weighted by Crippen LogP contribution is -2.30. The van der Waals surface area contributed by atoms with Gasteiger partial charge >= 0.3 is 0 Å². The normalized spacial score (nSPS) is 14.1. The lowest BCUT2D eigenvalue weighted by Gasteiger charge is -2.16. The Morgan fingerprint density at radius 1 is 1.35 bits per heavy atom. The Kier molecular flexibility index (Phi) is 2.83. The first-order chi connectivity index (χ1) is 9.50. The molecule has 0 bridgehead atoms. The second kappa shape index (κ2) is 4.42. The molecule has 0 aliphatic carbocycles. The van der Waals surface area contributed by atoms with Crippen LogP contribution in [-0.2, 0) is 18.4 Å². The van der Waals surface area contributed by atoms with Gasteiger partial charge in [0.2, 0.25) is 0 Å². The van der Waals surface area contributed by atoms with Crippen molar-refractivity contribution in [1.82, 2.24) is 9.55 Å². The van der Waals surface area contributed by atoms with Crippen LogP contribution >= 0.6 is 11.6 Å². The van der Waals surface area contributed by atoms with Gasteiger partial charge in [-0.1, -0.05) is 17.7 Å². The lowest BCUT2D eigenvalue weighted by atomic mass is 10.1. The van der Waals surface area contributed by atoms with Crippen LogP contribution in [0.15, 0.2) is 24.4 Å². The highest BCUT2D eigenvalue weighted by Crippen LogP contribution is 2.32. The second-order valence-electron chi connectivity index (χ2n) is 4.41. The summed E-state index contributed by atoms with van der Waals surface area (Å²) in [6.45, 7) is -0.0122. The average Bonchev–Trinajstić information content (AvgIpc) is 2.86. The summed E-state index contributed by atoms with van der Waals surface area (Å²) in [5.41, 5.74) is 0.0805. The van der Waals surface area contributed by atoms with E-state index in [-0.39, 0.29) is 17.8 Å². The fraction of sp³-hybridized carbons (Fsp3) is 0.154. The highest BCUT2D eigenvalue weighted by Gasteiger charge is 2.38. The number of carbonyl (C=O) groups excluding carboxylic acids is 2. The minimum atomic E-state index is -0.760. The van der Waals surface area contributed by atoms with E-state index in [1.807, 2.05) is 0 Å². The number of ketones is 1. The van der Waals surface area contributed by atoms with Gasteiger partial charge in [-0.15, -0.1) is 0 Å². The molecule has 1 aliphatic rings. The van der Waals surface area contributed by atoms with Gasteiger partial charge in [-0.2, -0.15) is 0 Å². The minimum absolute atomic E-state index is 0.00150. The monoisotopic (exact) mass is 293 g/mol. The van der Waals surface area contributed by atoms with Crippen LogP contribution in [0.4, 0.5) is 10.1 Å². The Bertz CT molecular complexity index is 741. The highest BCUT2D eigenvalue weighted by molar-refractivity contribution is 6.52. The van der Waals surface area contributed by atoms with Crippen molar-refractivity contribution in [2.75, 3.05) is 4.90 Å². The second-order valence-corrected chi connectivity index (χ2v) is 4.80. The molecule has 0 fully saturated rings. The van der Waals surface area contributed by atoms with E-state index in [4.69, 9.17) is 11.6 Å². The summed E-state index contributed by atoms with van der Waals surface area (Å²) in [4.78, 5) is 28.9. The van der Waals surface area contributed by atoms with Gasteiger partial charge in [-0.3, -0.25) is 14.5 Å². The zero-order chi connectivity index (χ0) is 14.4. The fourth-order valence-corrected chi connectivity index (χ4v) is 2.32. The Morgan fingerprint density at radius 2 is 2.10 bits per heavy atom. The van der Waals surface area contributed by atoms with Gasteiger partial charge in [0.25, 0.3) is 11.7 Å². The summed E-state index contributed by atoms with van der Waals surface area (Å²) in [5.74, 6) is -1.61. The number of Topliss-reactive ketones (excluding diaryl/α,β-unsaturated/α-hetero) is 1. The summed E-state index contributed by atoms with van der Waals surface area (Å²) >= 11 is 5.87. The molecule has 0 N–H and O–H groups in total. The summed E-state index contributed by atoms with van der Waals surface area (Å²) in [6, 6.07) is 4.05. The third-order valence-electron chi connectivity index (χ3n) is 3.27. The maximum Gasteiger partial charge on any atom is 0.299 e. The van der Waals surface area contributed by atoms with Crippen LogP contribution in [0.2, 0.25) is 5.15 Å². The van der Waals surface area contributed by atoms with Crippen molar-refractivity contribution in [2.24, 2.45) is 7.05 Å². The van der Waals surface area contributed by atoms with Gasteiger partial charge in [-0.05, 0) is 12.1 Å². The molecule has 0 saturated heterocycles. The number of anilines is 1. The van der Waals surface area contributed by atoms with Gasteiger partial charge in [0.1, 0.15) is 16.8 Å². The minimum Gasteiger partial charge on any atom is -0.321 e. The third kappa shape index (κ3) is 1.72. The SMILES string of the molecule is Cn1c(Cl)cnc1CN1C(=O)C(=O)c2cccc(F)c21. The summed E-state index contributed by atoms with van der Waals surface area (Å²) in [7, 11) is 1.68. The number of hydrogen-bond donors (Lipinski definition) is 0. The Balaban J connectivity index is 2.05. The first-order valence-corrected chi connectivity index (χ1v) is 6.19. The summed E-state index contributed by atoms with van der Waals surface area (Å²) in [6.07, 6.45) is 1.43. The topological polar surface area (TPSA) is 55.2 Å². The van der Waals surface area contributed by atoms with Crippen LogP contribution in [0, 0.1) is 5.82 Å². The van der Waals surface area contributed by atoms with Gasteiger partial charge in [-0.25, -0.2) is 9.37 Å². The van der Waals surface area contributed by atoms with E-state index in [0.717, 1.165) is 4.90 Å². The standard InChI is InChI=1S/C13H9ClFN3O2/c1-17-9(14)5-16-10(17)6-18-11-7(12(19)13(18)20)3-2-4-8(11)15/h2-5H,6H2,1H3. The number of para-hydroxylation sites is 1. The van der Waals surface area contributed by atoms with Crippen molar-refractivity contribution < 1.29 is 14.0 Å². The zero-order valence-electron chi connectivity index (χ0n) is 10.4. The van der Waals surface area contributed by atoms with Crippen molar-refractivity contribution in [3.05, 3.63) is 46.8 Å². The highest BCUT2D eigenvalue weighted by atomic mass is 35.5. The lowest BCUT2D eigenvalue weighted by molar-refractivity contribution is -0.114. The third-order valence-corrected chi connectivity index (χ3v) is 3.62. The average molecular weight is 294 g/mol. The Hall–Kier alpha value is -2.21. The van der Waals surface area contributed by atoms with E-state index in [2.05, 4.69) is 4.98 Å². The first-order valence-electron chi connectivity index (χ1n) is 5.81. The Labute approximate surface area is 118 Å². The molecule has 0 radical (unpaired) electrons. The predicted octanol–water partition coefficient (Wildman–Crippen LogP) is 1.94. The van der Waals surface area contributed by atoms with E-state index >= 15 is 0 Å². The largest absolute Gasteiger partial charge is 0.321 e. The molecule has 5 nitrogen and oxygen atoms in total. The molecule has 2 heterocycles. The number of amides is 1. The van der Waals surface area contributed by atoms with Crippen LogP contribution in [-0.4, -0.2) is 21.2 Å². The van der Waals surface area contributed by atoms with Crippen molar-refractivity contribution in [1.29, 1.82) is 0 Å². The molecular weight excluding hydrogens is 285 g/mol. The van der Waals surface area contributed by atoms with Crippen molar-refractivity contribution in [3.8, 4) is 0 Å². The molecule has 0 saturated carbocycles. The maximum absolute atomic E-state index is 13.9. The van der Waals surface area contributed by atoms with Gasteiger partial charge < -0.3 is 4.57 Å². The Morgan fingerprint density at radius 3 is 2.75 bits per heavy atom. The molecule has 0 unspecified atom stereocenters. The number of aromatic nitrogens is 2. The molecule has 7 heteroatoms. The number of benzene rings is 1. The molecule has 1 aromatic heterocycles. The number of fused-ring (bicyclic) bond motifs is 1. The quantitative estimate of drug-likeness (QED) is 0.795. The van der Waals surface area contributed by atoms with Gasteiger partial charge in [0, 0.05) is 7.05 Å². The number of carbonyl (C=O) groups is 2. The molecular formula is C13H9ClFN3O2. The number of nitrogens with zero attached hydrogens (tertiary/aromatic N) is 3. The number of imidazole rings is 1. The van der Waals surface area contributed by atoms with E-state index < -0.39 is 17.5 Å². The van der Waals surface area contributed by atoms with Crippen LogP contribution < -0.4 is 4.90 Å². The molecule has 1 aromatic carbocycles. The van der Waals surface area contributed by atoms with E-state index in [9.17, 15) is 14.0 Å². The predicted molar refractivity (Wildman–Crippen MR) is 70.1 cm³/mol. The van der Waals surface area contributed by atoms with Crippen molar-refractivity contribution in [3.63, 3.8) is 0 Å². The van der Waals surface area contributed by atoms with Gasteiger partial charge in [0.05, 0.1) is 24.0 Å². The van der Waals surface area contributed by atoms with E-state index in [1.54, 1.807) is 11.6 Å². The zero-order valence-corrected chi connectivity index (χ0v) is 11.2. The molecule has 20 heavy (non-hydrogen) atoms. The number of halogens is 2. The summed E-state index contributed by atoms with van der Waals surface area (Å²) < 4.78 is 15.5. The van der Waals surface area contributed by atoms with E-state index in [0.29, 0.717) is 11.0 Å². The maximum atomic E-state index is 13.9. The van der Waals surface area contributed by atoms with Crippen molar-refractivity contribution >= 4 is 29.0 Å². The molecule has 102 valence electrons. The number of hydrogen-bond acceptors (Lipinski definition) is 3. The fourth-order valence-electron chi connectivity index (χ4n) is 2.18. The number of rotatable bonds is 2. The molecule has 2 aromatic rings. The first kappa shape index (κ1) is 12.8. The van der Waals surface area contributed by atoms with Crippen LogP contribution in [0.3, 0.4) is 0 Å². The molecule has 0 atom stereocenters. The van der Waals surface area contributed by atoms with Crippen LogP contribution in [0.5, 0.6) is 0 Å². The smallest absolute Gasteiger partial charge is 0.299 e. The van der Waals surface area contributed by atoms with Crippen LogP contribution in [0.1, 0.15) is 16.2 Å². The molecule has 1 aliphatic heterocycles. The van der Waals surface area contributed by atoms with Gasteiger partial charge in [0.15, 0.2) is 0 Å². The molecule has 1 amide bonds. The molecule has 3 rings (SSSR count).